The van der Waals surface area contributed by atoms with Gasteiger partial charge in [-0.3, -0.25) is 4.79 Å². The molecule has 6 heteroatoms. The van der Waals surface area contributed by atoms with Crippen molar-refractivity contribution in [2.45, 2.75) is 12.5 Å². The van der Waals surface area contributed by atoms with Gasteiger partial charge in [-0.2, -0.15) is 0 Å². The number of carbonyl (C=O) groups is 1. The predicted octanol–water partition coefficient (Wildman–Crippen LogP) is 1.20. The molecular formula is C11H11FO4S. The van der Waals surface area contributed by atoms with Gasteiger partial charge in [-0.1, -0.05) is 0 Å². The zero-order valence-corrected chi connectivity index (χ0v) is 9.74. The van der Waals surface area contributed by atoms with Gasteiger partial charge in [-0.25, -0.2) is 12.8 Å². The third-order valence-corrected chi connectivity index (χ3v) is 4.32. The van der Waals surface area contributed by atoms with Crippen LogP contribution in [-0.2, 0) is 9.84 Å². The van der Waals surface area contributed by atoms with Gasteiger partial charge in [0.1, 0.15) is 17.7 Å². The minimum atomic E-state index is -3.03. The van der Waals surface area contributed by atoms with Crippen LogP contribution in [0.25, 0.3) is 0 Å². The summed E-state index contributed by atoms with van der Waals surface area (Å²) >= 11 is 0. The lowest BCUT2D eigenvalue weighted by molar-refractivity contribution is 0.111. The summed E-state index contributed by atoms with van der Waals surface area (Å²) in [6.07, 6.45) is 0.434. The van der Waals surface area contributed by atoms with Crippen molar-refractivity contribution in [3.8, 4) is 5.75 Å². The molecule has 1 saturated heterocycles. The first-order valence-corrected chi connectivity index (χ1v) is 6.94. The monoisotopic (exact) mass is 258 g/mol. The molecule has 1 aromatic carbocycles. The number of benzene rings is 1. The van der Waals surface area contributed by atoms with Gasteiger partial charge in [0.2, 0.25) is 0 Å². The standard InChI is InChI=1S/C11H11FO4S/c12-9-1-2-11(8(5-9)6-13)16-10-3-4-17(14,15)7-10/h1-2,5-6,10H,3-4,7H2. The maximum atomic E-state index is 12.9. The smallest absolute Gasteiger partial charge is 0.154 e. The summed E-state index contributed by atoms with van der Waals surface area (Å²) in [5.74, 6) is -0.264. The molecule has 0 bridgehead atoms. The normalized spacial score (nSPS) is 22.3. The van der Waals surface area contributed by atoms with Gasteiger partial charge < -0.3 is 4.74 Å². The fourth-order valence-corrected chi connectivity index (χ4v) is 3.34. The second-order valence-corrected chi connectivity index (χ2v) is 6.17. The van der Waals surface area contributed by atoms with E-state index >= 15 is 0 Å². The first kappa shape index (κ1) is 12.0. The lowest BCUT2D eigenvalue weighted by Crippen LogP contribution is -2.18. The Morgan fingerprint density at radius 3 is 2.76 bits per heavy atom. The van der Waals surface area contributed by atoms with E-state index < -0.39 is 21.8 Å². The van der Waals surface area contributed by atoms with E-state index in [4.69, 9.17) is 4.74 Å². The lowest BCUT2D eigenvalue weighted by atomic mass is 10.2. The summed E-state index contributed by atoms with van der Waals surface area (Å²) < 4.78 is 40.7. The molecule has 2 rings (SSSR count). The van der Waals surface area contributed by atoms with Crippen molar-refractivity contribution in [2.24, 2.45) is 0 Å². The molecule has 0 radical (unpaired) electrons. The van der Waals surface area contributed by atoms with Crippen LogP contribution in [0.5, 0.6) is 5.75 Å². The highest BCUT2D eigenvalue weighted by molar-refractivity contribution is 7.91. The van der Waals surface area contributed by atoms with Crippen molar-refractivity contribution < 1.29 is 22.3 Å². The summed E-state index contributed by atoms with van der Waals surface area (Å²) in [6.45, 7) is 0. The fraction of sp³-hybridized carbons (Fsp3) is 0.364. The molecule has 0 amide bonds. The third-order valence-electron chi connectivity index (χ3n) is 2.58. The Bertz CT molecular complexity index is 538. The summed E-state index contributed by atoms with van der Waals surface area (Å²) in [7, 11) is -3.03. The first-order valence-electron chi connectivity index (χ1n) is 5.12. The van der Waals surface area contributed by atoms with Crippen LogP contribution in [-0.4, -0.2) is 32.3 Å². The van der Waals surface area contributed by atoms with Crippen LogP contribution in [0.15, 0.2) is 18.2 Å². The number of aldehydes is 1. The largest absolute Gasteiger partial charge is 0.489 e. The van der Waals surface area contributed by atoms with E-state index in [2.05, 4.69) is 0 Å². The molecule has 1 atom stereocenters. The van der Waals surface area contributed by atoms with Crippen molar-refractivity contribution in [2.75, 3.05) is 11.5 Å². The third kappa shape index (κ3) is 2.82. The van der Waals surface area contributed by atoms with Crippen LogP contribution in [0.2, 0.25) is 0 Å². The number of sulfone groups is 1. The number of ether oxygens (including phenoxy) is 1. The molecule has 0 saturated carbocycles. The average Bonchev–Trinajstić information content (AvgIpc) is 2.61. The Hall–Kier alpha value is -1.43. The molecule has 1 aliphatic rings. The van der Waals surface area contributed by atoms with Crippen molar-refractivity contribution in [3.05, 3.63) is 29.6 Å². The molecule has 4 nitrogen and oxygen atoms in total. The molecule has 1 aromatic rings. The van der Waals surface area contributed by atoms with Crippen LogP contribution in [0.4, 0.5) is 4.39 Å². The molecule has 92 valence electrons. The van der Waals surface area contributed by atoms with Crippen LogP contribution >= 0.6 is 0 Å². The minimum absolute atomic E-state index is 0.0529. The van der Waals surface area contributed by atoms with Gasteiger partial charge in [-0.15, -0.1) is 0 Å². The van der Waals surface area contributed by atoms with Crippen LogP contribution in [0.1, 0.15) is 16.8 Å². The molecule has 0 aromatic heterocycles. The molecule has 17 heavy (non-hydrogen) atoms. The van der Waals surface area contributed by atoms with Crippen molar-refractivity contribution in [3.63, 3.8) is 0 Å². The van der Waals surface area contributed by atoms with E-state index in [1.807, 2.05) is 0 Å². The minimum Gasteiger partial charge on any atom is -0.489 e. The van der Waals surface area contributed by atoms with Crippen LogP contribution in [0.3, 0.4) is 0 Å². The second kappa shape index (κ2) is 4.44. The lowest BCUT2D eigenvalue weighted by Gasteiger charge is -2.13. The van der Waals surface area contributed by atoms with Gasteiger partial charge in [0.15, 0.2) is 16.1 Å². The Kier molecular flexibility index (Phi) is 3.15. The van der Waals surface area contributed by atoms with Crippen molar-refractivity contribution in [1.29, 1.82) is 0 Å². The molecule has 0 N–H and O–H groups in total. The number of hydrogen-bond acceptors (Lipinski definition) is 4. The van der Waals surface area contributed by atoms with Crippen molar-refractivity contribution in [1.82, 2.24) is 0 Å². The topological polar surface area (TPSA) is 60.4 Å². The van der Waals surface area contributed by atoms with E-state index in [0.29, 0.717) is 12.7 Å². The van der Waals surface area contributed by atoms with E-state index in [9.17, 15) is 17.6 Å². The molecule has 0 aliphatic carbocycles. The van der Waals surface area contributed by atoms with E-state index in [1.54, 1.807) is 0 Å². The maximum Gasteiger partial charge on any atom is 0.154 e. The van der Waals surface area contributed by atoms with E-state index in [-0.39, 0.29) is 22.8 Å². The van der Waals surface area contributed by atoms with Gasteiger partial charge in [0.25, 0.3) is 0 Å². The summed E-state index contributed by atoms with van der Waals surface area (Å²) in [5.41, 5.74) is 0.0919. The highest BCUT2D eigenvalue weighted by Gasteiger charge is 2.29. The summed E-state index contributed by atoms with van der Waals surface area (Å²) in [6, 6.07) is 3.57. The number of halogens is 1. The molecule has 1 unspecified atom stereocenters. The number of carbonyl (C=O) groups excluding carboxylic acids is 1. The quantitative estimate of drug-likeness (QED) is 0.764. The summed E-state index contributed by atoms with van der Waals surface area (Å²) in [5, 5.41) is 0. The van der Waals surface area contributed by atoms with Gasteiger partial charge in [0.05, 0.1) is 17.1 Å². The van der Waals surface area contributed by atoms with Gasteiger partial charge >= 0.3 is 0 Å². The molecular weight excluding hydrogens is 247 g/mol. The van der Waals surface area contributed by atoms with Crippen LogP contribution < -0.4 is 4.74 Å². The highest BCUT2D eigenvalue weighted by Crippen LogP contribution is 2.23. The SMILES string of the molecule is O=Cc1cc(F)ccc1OC1CCS(=O)(=O)C1. The summed E-state index contributed by atoms with van der Waals surface area (Å²) in [4.78, 5) is 10.7. The average molecular weight is 258 g/mol. The molecule has 1 heterocycles. The number of rotatable bonds is 3. The maximum absolute atomic E-state index is 12.9. The Morgan fingerprint density at radius 1 is 1.41 bits per heavy atom. The number of hydrogen-bond donors (Lipinski definition) is 0. The molecule has 1 fully saturated rings. The van der Waals surface area contributed by atoms with Gasteiger partial charge in [-0.05, 0) is 24.6 Å². The highest BCUT2D eigenvalue weighted by atomic mass is 32.2. The molecule has 0 spiro atoms. The second-order valence-electron chi connectivity index (χ2n) is 3.94. The molecule has 1 aliphatic heterocycles. The zero-order valence-electron chi connectivity index (χ0n) is 8.93. The van der Waals surface area contributed by atoms with E-state index in [1.165, 1.54) is 12.1 Å². The fourth-order valence-electron chi connectivity index (χ4n) is 1.75. The van der Waals surface area contributed by atoms with Gasteiger partial charge in [0, 0.05) is 0 Å². The Morgan fingerprint density at radius 2 is 2.18 bits per heavy atom. The van der Waals surface area contributed by atoms with Crippen molar-refractivity contribution >= 4 is 16.1 Å². The zero-order chi connectivity index (χ0) is 12.5. The predicted molar refractivity (Wildman–Crippen MR) is 59.5 cm³/mol. The Balaban J connectivity index is 2.17. The Labute approximate surface area is 98.3 Å². The van der Waals surface area contributed by atoms with E-state index in [0.717, 1.165) is 6.07 Å². The first-order chi connectivity index (χ1) is 8.00. The van der Waals surface area contributed by atoms with Crippen LogP contribution in [0, 0.1) is 5.82 Å².